The first-order valence-electron chi connectivity index (χ1n) is 5.49. The topological polar surface area (TPSA) is 34.1 Å². The Morgan fingerprint density at radius 3 is 3.00 bits per heavy atom. The standard InChI is InChI=1S/C12H16N2OS/c1-3-15-8-9(2)13-12-14-10-6-4-5-7-11(10)16-12/h4-7,9H,3,8H2,1-2H3,(H,13,14). The molecule has 0 spiro atoms. The van der Waals surface area contributed by atoms with E-state index in [1.165, 1.54) is 4.70 Å². The van der Waals surface area contributed by atoms with Crippen molar-refractivity contribution in [3.8, 4) is 0 Å². The van der Waals surface area contributed by atoms with E-state index in [0.29, 0.717) is 12.6 Å². The van der Waals surface area contributed by atoms with Gasteiger partial charge in [-0.3, -0.25) is 0 Å². The molecule has 0 aliphatic heterocycles. The van der Waals surface area contributed by atoms with Crippen LogP contribution in [0, 0.1) is 0 Å². The van der Waals surface area contributed by atoms with Crippen molar-refractivity contribution in [2.45, 2.75) is 19.9 Å². The molecule has 3 nitrogen and oxygen atoms in total. The van der Waals surface area contributed by atoms with Gasteiger partial charge in [-0.1, -0.05) is 23.5 Å². The molecule has 1 aromatic carbocycles. The van der Waals surface area contributed by atoms with Crippen LogP contribution in [0.4, 0.5) is 5.13 Å². The fourth-order valence-corrected chi connectivity index (χ4v) is 2.46. The number of para-hydroxylation sites is 1. The molecule has 1 N–H and O–H groups in total. The van der Waals surface area contributed by atoms with E-state index in [4.69, 9.17) is 4.74 Å². The summed E-state index contributed by atoms with van der Waals surface area (Å²) in [4.78, 5) is 4.51. The van der Waals surface area contributed by atoms with Crippen LogP contribution in [-0.4, -0.2) is 24.2 Å². The van der Waals surface area contributed by atoms with Crippen LogP contribution in [-0.2, 0) is 4.74 Å². The molecule has 0 bridgehead atoms. The van der Waals surface area contributed by atoms with Crippen molar-refractivity contribution in [2.75, 3.05) is 18.5 Å². The second-order valence-corrected chi connectivity index (χ2v) is 4.72. The van der Waals surface area contributed by atoms with Gasteiger partial charge < -0.3 is 10.1 Å². The highest BCUT2D eigenvalue weighted by Crippen LogP contribution is 2.25. The summed E-state index contributed by atoms with van der Waals surface area (Å²) in [7, 11) is 0. The van der Waals surface area contributed by atoms with Crippen molar-refractivity contribution < 1.29 is 4.74 Å². The molecule has 1 unspecified atom stereocenters. The number of aromatic nitrogens is 1. The normalized spacial score (nSPS) is 12.9. The summed E-state index contributed by atoms with van der Waals surface area (Å²) >= 11 is 1.68. The lowest BCUT2D eigenvalue weighted by Crippen LogP contribution is -2.21. The average Bonchev–Trinajstić information content (AvgIpc) is 2.68. The van der Waals surface area contributed by atoms with Crippen LogP contribution in [0.1, 0.15) is 13.8 Å². The average molecular weight is 236 g/mol. The first-order valence-corrected chi connectivity index (χ1v) is 6.31. The van der Waals surface area contributed by atoms with E-state index >= 15 is 0 Å². The number of fused-ring (bicyclic) bond motifs is 1. The first kappa shape index (κ1) is 11.4. The van der Waals surface area contributed by atoms with Crippen LogP contribution in [0.2, 0.25) is 0 Å². The molecule has 0 amide bonds. The quantitative estimate of drug-likeness (QED) is 0.866. The first-order chi connectivity index (χ1) is 7.79. The number of rotatable bonds is 5. The van der Waals surface area contributed by atoms with Crippen LogP contribution in [0.25, 0.3) is 10.2 Å². The maximum atomic E-state index is 5.36. The fourth-order valence-electron chi connectivity index (χ4n) is 1.48. The molecule has 1 heterocycles. The molecule has 86 valence electrons. The highest BCUT2D eigenvalue weighted by molar-refractivity contribution is 7.22. The van der Waals surface area contributed by atoms with Crippen molar-refractivity contribution in [1.82, 2.24) is 4.98 Å². The number of nitrogens with one attached hydrogen (secondary N) is 1. The molecule has 0 fully saturated rings. The van der Waals surface area contributed by atoms with Gasteiger partial charge in [-0.25, -0.2) is 4.98 Å². The van der Waals surface area contributed by atoms with Gasteiger partial charge in [0.25, 0.3) is 0 Å². The maximum absolute atomic E-state index is 5.36. The van der Waals surface area contributed by atoms with Crippen molar-refractivity contribution in [1.29, 1.82) is 0 Å². The van der Waals surface area contributed by atoms with E-state index in [1.54, 1.807) is 11.3 Å². The SMILES string of the molecule is CCOCC(C)Nc1nc2ccccc2s1. The second-order valence-electron chi connectivity index (χ2n) is 3.69. The van der Waals surface area contributed by atoms with Gasteiger partial charge in [0.1, 0.15) is 0 Å². The number of thiazole rings is 1. The molecule has 1 atom stereocenters. The number of hydrogen-bond donors (Lipinski definition) is 1. The summed E-state index contributed by atoms with van der Waals surface area (Å²) < 4.78 is 6.57. The number of benzene rings is 1. The lowest BCUT2D eigenvalue weighted by molar-refractivity contribution is 0.141. The molecule has 0 aliphatic rings. The van der Waals surface area contributed by atoms with E-state index < -0.39 is 0 Å². The van der Waals surface area contributed by atoms with Crippen molar-refractivity contribution in [2.24, 2.45) is 0 Å². The minimum atomic E-state index is 0.292. The van der Waals surface area contributed by atoms with Gasteiger partial charge in [0.05, 0.1) is 16.8 Å². The van der Waals surface area contributed by atoms with Crippen molar-refractivity contribution in [3.63, 3.8) is 0 Å². The lowest BCUT2D eigenvalue weighted by Gasteiger charge is -2.11. The maximum Gasteiger partial charge on any atom is 0.184 e. The van der Waals surface area contributed by atoms with Crippen LogP contribution < -0.4 is 5.32 Å². The van der Waals surface area contributed by atoms with Crippen LogP contribution in [0.15, 0.2) is 24.3 Å². The summed E-state index contributed by atoms with van der Waals surface area (Å²) in [5, 5.41) is 4.31. The molecule has 0 aliphatic carbocycles. The Morgan fingerprint density at radius 1 is 1.44 bits per heavy atom. The highest BCUT2D eigenvalue weighted by atomic mass is 32.1. The zero-order valence-corrected chi connectivity index (χ0v) is 10.4. The summed E-state index contributed by atoms with van der Waals surface area (Å²) in [6.07, 6.45) is 0. The van der Waals surface area contributed by atoms with Crippen LogP contribution in [0.5, 0.6) is 0 Å². The number of ether oxygens (including phenoxy) is 1. The van der Waals surface area contributed by atoms with E-state index in [2.05, 4.69) is 23.3 Å². The summed E-state index contributed by atoms with van der Waals surface area (Å²) in [5.41, 5.74) is 1.05. The Labute approximate surface area is 99.5 Å². The van der Waals surface area contributed by atoms with Crippen molar-refractivity contribution >= 4 is 26.7 Å². The smallest absolute Gasteiger partial charge is 0.184 e. The molecule has 1 aromatic heterocycles. The third kappa shape index (κ3) is 2.71. The largest absolute Gasteiger partial charge is 0.380 e. The lowest BCUT2D eigenvalue weighted by atomic mass is 10.3. The molecule has 2 aromatic rings. The molecular formula is C12H16N2OS. The van der Waals surface area contributed by atoms with Gasteiger partial charge in [0, 0.05) is 12.6 Å². The Hall–Kier alpha value is -1.13. The van der Waals surface area contributed by atoms with Gasteiger partial charge in [0.2, 0.25) is 0 Å². The number of nitrogens with zero attached hydrogens (tertiary/aromatic N) is 1. The molecule has 0 saturated heterocycles. The summed E-state index contributed by atoms with van der Waals surface area (Å²) in [5.74, 6) is 0. The Bertz CT molecular complexity index is 422. The summed E-state index contributed by atoms with van der Waals surface area (Å²) in [6.45, 7) is 5.57. The van der Waals surface area contributed by atoms with E-state index in [0.717, 1.165) is 17.3 Å². The molecule has 16 heavy (non-hydrogen) atoms. The Kier molecular flexibility index (Phi) is 3.74. The molecule has 2 rings (SSSR count). The Morgan fingerprint density at radius 2 is 2.25 bits per heavy atom. The van der Waals surface area contributed by atoms with Crippen molar-refractivity contribution in [3.05, 3.63) is 24.3 Å². The van der Waals surface area contributed by atoms with Crippen LogP contribution in [0.3, 0.4) is 0 Å². The number of hydrogen-bond acceptors (Lipinski definition) is 4. The predicted molar refractivity (Wildman–Crippen MR) is 69.2 cm³/mol. The van der Waals surface area contributed by atoms with Gasteiger partial charge in [-0.15, -0.1) is 0 Å². The molecule has 0 radical (unpaired) electrons. The zero-order chi connectivity index (χ0) is 11.4. The minimum absolute atomic E-state index is 0.292. The van der Waals surface area contributed by atoms with Crippen LogP contribution >= 0.6 is 11.3 Å². The molecule has 4 heteroatoms. The van der Waals surface area contributed by atoms with Gasteiger partial charge in [0.15, 0.2) is 5.13 Å². The highest BCUT2D eigenvalue weighted by Gasteiger charge is 2.06. The van der Waals surface area contributed by atoms with E-state index in [1.807, 2.05) is 25.1 Å². The number of anilines is 1. The Balaban J connectivity index is 2.03. The van der Waals surface area contributed by atoms with E-state index in [-0.39, 0.29) is 0 Å². The molecular weight excluding hydrogens is 220 g/mol. The van der Waals surface area contributed by atoms with E-state index in [9.17, 15) is 0 Å². The second kappa shape index (κ2) is 5.27. The van der Waals surface area contributed by atoms with Gasteiger partial charge in [-0.2, -0.15) is 0 Å². The third-order valence-electron chi connectivity index (χ3n) is 2.24. The van der Waals surface area contributed by atoms with Gasteiger partial charge in [-0.05, 0) is 26.0 Å². The molecule has 0 saturated carbocycles. The van der Waals surface area contributed by atoms with Gasteiger partial charge >= 0.3 is 0 Å². The minimum Gasteiger partial charge on any atom is -0.380 e. The third-order valence-corrected chi connectivity index (χ3v) is 3.20. The zero-order valence-electron chi connectivity index (χ0n) is 9.56. The summed E-state index contributed by atoms with van der Waals surface area (Å²) in [6, 6.07) is 8.46. The predicted octanol–water partition coefficient (Wildman–Crippen LogP) is 3.13. The fraction of sp³-hybridized carbons (Fsp3) is 0.417. The monoisotopic (exact) mass is 236 g/mol.